The van der Waals surface area contributed by atoms with E-state index in [2.05, 4.69) is 42.1 Å². The maximum atomic E-state index is 13.2. The number of carbonyl (C=O) groups is 1. The molecular weight excluding hydrogens is 355 g/mol. The molecule has 2 aromatic rings. The third-order valence-electron chi connectivity index (χ3n) is 5.51. The zero-order chi connectivity index (χ0) is 20.3. The summed E-state index contributed by atoms with van der Waals surface area (Å²) in [5.41, 5.74) is 0.962. The molecule has 5 nitrogen and oxygen atoms in total. The maximum absolute atomic E-state index is 13.2. The summed E-state index contributed by atoms with van der Waals surface area (Å²) >= 11 is 0. The molecule has 1 amide bonds. The molecular formula is C22H31FN4O. The van der Waals surface area contributed by atoms with Crippen LogP contribution in [0.3, 0.4) is 0 Å². The van der Waals surface area contributed by atoms with E-state index in [4.69, 9.17) is 0 Å². The normalized spacial score (nSPS) is 18.9. The predicted molar refractivity (Wildman–Crippen MR) is 108 cm³/mol. The highest BCUT2D eigenvalue weighted by atomic mass is 19.1. The van der Waals surface area contributed by atoms with Gasteiger partial charge >= 0.3 is 0 Å². The van der Waals surface area contributed by atoms with Crippen molar-refractivity contribution < 1.29 is 9.18 Å². The molecule has 0 radical (unpaired) electrons. The number of carbonyl (C=O) groups excluding carboxylic acids is 1. The fourth-order valence-electron chi connectivity index (χ4n) is 3.88. The van der Waals surface area contributed by atoms with Crippen LogP contribution in [-0.2, 0) is 17.9 Å². The van der Waals surface area contributed by atoms with Gasteiger partial charge in [-0.3, -0.25) is 9.69 Å². The first-order valence-electron chi connectivity index (χ1n) is 10.1. The molecule has 1 saturated heterocycles. The lowest BCUT2D eigenvalue weighted by Gasteiger charge is -2.35. The van der Waals surface area contributed by atoms with Gasteiger partial charge in [-0.2, -0.15) is 0 Å². The third-order valence-corrected chi connectivity index (χ3v) is 5.51. The van der Waals surface area contributed by atoms with Crippen molar-refractivity contribution in [1.82, 2.24) is 19.4 Å². The Morgan fingerprint density at radius 3 is 2.50 bits per heavy atom. The van der Waals surface area contributed by atoms with Gasteiger partial charge < -0.3 is 9.47 Å². The van der Waals surface area contributed by atoms with Crippen LogP contribution in [-0.4, -0.2) is 44.4 Å². The van der Waals surface area contributed by atoms with E-state index in [1.807, 2.05) is 17.3 Å². The molecule has 3 rings (SSSR count). The molecule has 1 atom stereocenters. The zero-order valence-corrected chi connectivity index (χ0v) is 17.3. The van der Waals surface area contributed by atoms with Crippen LogP contribution in [0.4, 0.5) is 4.39 Å². The van der Waals surface area contributed by atoms with Gasteiger partial charge in [0.25, 0.3) is 0 Å². The molecule has 0 spiro atoms. The van der Waals surface area contributed by atoms with Crippen LogP contribution in [0.15, 0.2) is 36.7 Å². The number of hydrogen-bond donors (Lipinski definition) is 0. The average Bonchev–Trinajstić information content (AvgIpc) is 3.05. The summed E-state index contributed by atoms with van der Waals surface area (Å²) < 4.78 is 15.4. The van der Waals surface area contributed by atoms with E-state index in [0.717, 1.165) is 31.0 Å². The number of halogens is 1. The van der Waals surface area contributed by atoms with Gasteiger partial charge in [0.2, 0.25) is 5.91 Å². The molecule has 2 heterocycles. The molecule has 1 aliphatic heterocycles. The van der Waals surface area contributed by atoms with E-state index in [1.54, 1.807) is 12.1 Å². The third kappa shape index (κ3) is 4.79. The molecule has 1 aliphatic rings. The van der Waals surface area contributed by atoms with Gasteiger partial charge in [0, 0.05) is 50.5 Å². The molecule has 1 aromatic heterocycles. The fraction of sp³-hybridized carbons (Fsp3) is 0.545. The predicted octanol–water partition coefficient (Wildman–Crippen LogP) is 3.86. The summed E-state index contributed by atoms with van der Waals surface area (Å²) in [6.07, 6.45) is 4.36. The summed E-state index contributed by atoms with van der Waals surface area (Å²) in [6, 6.07) is 6.93. The Morgan fingerprint density at radius 1 is 1.14 bits per heavy atom. The Balaban J connectivity index is 1.77. The largest absolute Gasteiger partial charge is 0.334 e. The van der Waals surface area contributed by atoms with Gasteiger partial charge in [-0.25, -0.2) is 9.37 Å². The Hall–Kier alpha value is -2.21. The van der Waals surface area contributed by atoms with Gasteiger partial charge in [0.05, 0.1) is 6.54 Å². The van der Waals surface area contributed by atoms with Crippen molar-refractivity contribution in [2.75, 3.05) is 13.1 Å². The van der Waals surface area contributed by atoms with Crippen molar-refractivity contribution >= 4 is 5.91 Å². The van der Waals surface area contributed by atoms with Crippen LogP contribution in [0, 0.1) is 11.7 Å². The van der Waals surface area contributed by atoms with E-state index in [-0.39, 0.29) is 17.8 Å². The Bertz CT molecular complexity index is 784. The lowest BCUT2D eigenvalue weighted by atomic mass is 10.0. The first kappa shape index (κ1) is 20.5. The highest BCUT2D eigenvalue weighted by Crippen LogP contribution is 2.22. The molecule has 6 heteroatoms. The summed E-state index contributed by atoms with van der Waals surface area (Å²) in [4.78, 5) is 21.8. The van der Waals surface area contributed by atoms with Crippen molar-refractivity contribution in [3.63, 3.8) is 0 Å². The molecule has 0 N–H and O–H groups in total. The summed E-state index contributed by atoms with van der Waals surface area (Å²) in [6.45, 7) is 11.4. The maximum Gasteiger partial charge on any atom is 0.224 e. The minimum Gasteiger partial charge on any atom is -0.334 e. The number of aromatic nitrogens is 2. The second-order valence-electron chi connectivity index (χ2n) is 8.29. The number of nitrogens with zero attached hydrogens (tertiary/aromatic N) is 4. The van der Waals surface area contributed by atoms with E-state index in [1.165, 1.54) is 12.1 Å². The second-order valence-corrected chi connectivity index (χ2v) is 8.29. The van der Waals surface area contributed by atoms with Crippen molar-refractivity contribution in [1.29, 1.82) is 0 Å². The van der Waals surface area contributed by atoms with Gasteiger partial charge in [0.1, 0.15) is 11.6 Å². The summed E-state index contributed by atoms with van der Waals surface area (Å²) in [5, 5.41) is 0. The monoisotopic (exact) mass is 386 g/mol. The highest BCUT2D eigenvalue weighted by Gasteiger charge is 2.32. The zero-order valence-electron chi connectivity index (χ0n) is 17.3. The Morgan fingerprint density at radius 2 is 1.86 bits per heavy atom. The van der Waals surface area contributed by atoms with Crippen molar-refractivity contribution in [3.8, 4) is 0 Å². The van der Waals surface area contributed by atoms with Crippen LogP contribution in [0.1, 0.15) is 51.5 Å². The van der Waals surface area contributed by atoms with Crippen LogP contribution in [0.5, 0.6) is 0 Å². The second kappa shape index (κ2) is 8.86. The van der Waals surface area contributed by atoms with Crippen LogP contribution >= 0.6 is 0 Å². The first-order valence-corrected chi connectivity index (χ1v) is 10.1. The minimum absolute atomic E-state index is 0.113. The smallest absolute Gasteiger partial charge is 0.224 e. The Labute approximate surface area is 167 Å². The lowest BCUT2D eigenvalue weighted by Crippen LogP contribution is -2.46. The van der Waals surface area contributed by atoms with Crippen molar-refractivity contribution in [2.45, 2.75) is 59.3 Å². The molecule has 1 aromatic carbocycles. The summed E-state index contributed by atoms with van der Waals surface area (Å²) in [7, 11) is 0. The molecule has 0 saturated carbocycles. The number of rotatable bonds is 6. The molecule has 152 valence electrons. The topological polar surface area (TPSA) is 41.4 Å². The van der Waals surface area contributed by atoms with Crippen molar-refractivity contribution in [3.05, 3.63) is 53.9 Å². The van der Waals surface area contributed by atoms with Gasteiger partial charge in [-0.15, -0.1) is 0 Å². The molecule has 1 fully saturated rings. The molecule has 0 bridgehead atoms. The minimum atomic E-state index is -0.252. The average molecular weight is 387 g/mol. The van der Waals surface area contributed by atoms with Gasteiger partial charge in [-0.1, -0.05) is 26.0 Å². The van der Waals surface area contributed by atoms with Crippen LogP contribution in [0.25, 0.3) is 0 Å². The van der Waals surface area contributed by atoms with Crippen LogP contribution < -0.4 is 0 Å². The number of amides is 1. The van der Waals surface area contributed by atoms with Gasteiger partial charge in [-0.05, 0) is 37.5 Å². The summed E-state index contributed by atoms with van der Waals surface area (Å²) in [5.74, 6) is 1.28. The first-order chi connectivity index (χ1) is 13.3. The standard InChI is InChI=1S/C22H31FN4O/c1-16(2)20-14-25(15-21-24-10-12-26(21)17(3)4)11-9-22(28)27(20)13-18-5-7-19(23)8-6-18/h5-8,10,12,16-17,20H,9,11,13-15H2,1-4H3/t20-/m1/s1. The quantitative estimate of drug-likeness (QED) is 0.757. The lowest BCUT2D eigenvalue weighted by molar-refractivity contribution is -0.134. The van der Waals surface area contributed by atoms with E-state index < -0.39 is 0 Å². The van der Waals surface area contributed by atoms with Gasteiger partial charge in [0.15, 0.2) is 0 Å². The SMILES string of the molecule is CC(C)[C@H]1CN(Cc2nccn2C(C)C)CCC(=O)N1Cc1ccc(F)cc1. The number of hydrogen-bond acceptors (Lipinski definition) is 3. The molecule has 0 aliphatic carbocycles. The van der Waals surface area contributed by atoms with E-state index in [0.29, 0.717) is 24.9 Å². The molecule has 28 heavy (non-hydrogen) atoms. The fourth-order valence-corrected chi connectivity index (χ4v) is 3.88. The van der Waals surface area contributed by atoms with Crippen LogP contribution in [0.2, 0.25) is 0 Å². The number of imidazole rings is 1. The van der Waals surface area contributed by atoms with Crippen molar-refractivity contribution in [2.24, 2.45) is 5.92 Å². The Kier molecular flexibility index (Phi) is 6.50. The molecule has 0 unspecified atom stereocenters. The highest BCUT2D eigenvalue weighted by molar-refractivity contribution is 5.77. The van der Waals surface area contributed by atoms with E-state index >= 15 is 0 Å². The van der Waals surface area contributed by atoms with E-state index in [9.17, 15) is 9.18 Å². The number of benzene rings is 1.